The second-order valence-corrected chi connectivity index (χ2v) is 5.79. The molecule has 0 heterocycles. The molecule has 0 amide bonds. The van der Waals surface area contributed by atoms with E-state index in [0.717, 1.165) is 10.2 Å². The molecule has 4 heteroatoms. The Kier molecular flexibility index (Phi) is 6.23. The number of benzene rings is 2. The number of hydrogen-bond donors (Lipinski definition) is 2. The molecule has 0 aliphatic rings. The minimum absolute atomic E-state index is 0.198. The van der Waals surface area contributed by atoms with Crippen LogP contribution in [0.2, 0.25) is 0 Å². The first kappa shape index (κ1) is 16.0. The van der Waals surface area contributed by atoms with E-state index in [1.54, 1.807) is 0 Å². The largest absolute Gasteiger partial charge is 0.490 e. The Morgan fingerprint density at radius 2 is 1.76 bits per heavy atom. The summed E-state index contributed by atoms with van der Waals surface area (Å²) < 4.78 is 6.49. The molecule has 0 spiro atoms. The summed E-state index contributed by atoms with van der Waals surface area (Å²) in [6.45, 7) is 2.83. The smallest absolute Gasteiger partial charge is 0.133 e. The molecule has 0 radical (unpaired) electrons. The fourth-order valence-corrected chi connectivity index (χ4v) is 2.38. The van der Waals surface area contributed by atoms with Crippen LogP contribution in [0, 0.1) is 0 Å². The normalized spacial score (nSPS) is 13.7. The average Bonchev–Trinajstić information content (AvgIpc) is 2.52. The maximum Gasteiger partial charge on any atom is 0.133 e. The molecule has 2 rings (SSSR count). The molecular weight excluding hydrogens is 330 g/mol. The molecular formula is C17H20BrNO2. The molecule has 0 fully saturated rings. The summed E-state index contributed by atoms with van der Waals surface area (Å²) in [5, 5.41) is 13.3. The van der Waals surface area contributed by atoms with Crippen LogP contribution in [0.1, 0.15) is 18.5 Å². The molecule has 112 valence electrons. The third kappa shape index (κ3) is 5.16. The van der Waals surface area contributed by atoms with E-state index in [0.29, 0.717) is 6.54 Å². The van der Waals surface area contributed by atoms with Crippen LogP contribution in [0.5, 0.6) is 5.75 Å². The van der Waals surface area contributed by atoms with E-state index in [9.17, 15) is 5.11 Å². The Bertz CT molecular complexity index is 547. The Morgan fingerprint density at radius 1 is 1.10 bits per heavy atom. The van der Waals surface area contributed by atoms with Crippen LogP contribution in [0.4, 0.5) is 0 Å². The zero-order valence-corrected chi connectivity index (χ0v) is 13.6. The van der Waals surface area contributed by atoms with Gasteiger partial charge in [-0.25, -0.2) is 0 Å². The maximum atomic E-state index is 9.99. The number of para-hydroxylation sites is 1. The topological polar surface area (TPSA) is 41.5 Å². The van der Waals surface area contributed by atoms with Crippen molar-refractivity contribution in [2.75, 3.05) is 13.2 Å². The molecule has 0 aliphatic heterocycles. The predicted octanol–water partition coefficient (Wildman–Crippen LogP) is 3.54. The highest BCUT2D eigenvalue weighted by atomic mass is 79.9. The average molecular weight is 350 g/mol. The minimum Gasteiger partial charge on any atom is -0.490 e. The van der Waals surface area contributed by atoms with Crippen molar-refractivity contribution >= 4 is 15.9 Å². The zero-order chi connectivity index (χ0) is 15.1. The van der Waals surface area contributed by atoms with Crippen LogP contribution < -0.4 is 10.1 Å². The summed E-state index contributed by atoms with van der Waals surface area (Å²) in [5.41, 5.74) is 1.21. The van der Waals surface area contributed by atoms with E-state index in [2.05, 4.69) is 40.3 Å². The summed E-state index contributed by atoms with van der Waals surface area (Å²) in [5.74, 6) is 0.743. The lowest BCUT2D eigenvalue weighted by Gasteiger charge is -2.18. The van der Waals surface area contributed by atoms with Gasteiger partial charge in [0.25, 0.3) is 0 Å². The third-order valence-electron chi connectivity index (χ3n) is 3.23. The Hall–Kier alpha value is -1.36. The molecule has 0 bridgehead atoms. The van der Waals surface area contributed by atoms with E-state index < -0.39 is 6.10 Å². The van der Waals surface area contributed by atoms with Gasteiger partial charge in [-0.1, -0.05) is 42.5 Å². The lowest BCUT2D eigenvalue weighted by atomic mass is 10.1. The first-order valence-corrected chi connectivity index (χ1v) is 7.80. The zero-order valence-electron chi connectivity index (χ0n) is 12.0. The third-order valence-corrected chi connectivity index (χ3v) is 3.88. The molecule has 0 aromatic heterocycles. The van der Waals surface area contributed by atoms with E-state index in [-0.39, 0.29) is 12.6 Å². The van der Waals surface area contributed by atoms with Crippen molar-refractivity contribution in [1.82, 2.24) is 5.32 Å². The molecule has 0 saturated heterocycles. The molecule has 21 heavy (non-hydrogen) atoms. The van der Waals surface area contributed by atoms with Crippen LogP contribution in [0.15, 0.2) is 59.1 Å². The van der Waals surface area contributed by atoms with Crippen molar-refractivity contribution in [1.29, 1.82) is 0 Å². The molecule has 3 nitrogen and oxygen atoms in total. The number of aliphatic hydroxyl groups excluding tert-OH is 1. The van der Waals surface area contributed by atoms with Crippen molar-refractivity contribution < 1.29 is 9.84 Å². The van der Waals surface area contributed by atoms with Gasteiger partial charge >= 0.3 is 0 Å². The van der Waals surface area contributed by atoms with Crippen LogP contribution in [0.25, 0.3) is 0 Å². The van der Waals surface area contributed by atoms with Crippen molar-refractivity contribution in [2.24, 2.45) is 0 Å². The molecule has 2 N–H and O–H groups in total. The van der Waals surface area contributed by atoms with Gasteiger partial charge in [-0.15, -0.1) is 0 Å². The van der Waals surface area contributed by atoms with Crippen molar-refractivity contribution in [3.05, 3.63) is 64.6 Å². The van der Waals surface area contributed by atoms with Gasteiger partial charge in [0.05, 0.1) is 4.47 Å². The number of hydrogen-bond acceptors (Lipinski definition) is 3. The predicted molar refractivity (Wildman–Crippen MR) is 88.5 cm³/mol. The monoisotopic (exact) mass is 349 g/mol. The number of nitrogens with one attached hydrogen (secondary N) is 1. The first-order valence-electron chi connectivity index (χ1n) is 7.00. The van der Waals surface area contributed by atoms with Crippen molar-refractivity contribution in [2.45, 2.75) is 19.1 Å². The lowest BCUT2D eigenvalue weighted by Crippen LogP contribution is -2.33. The van der Waals surface area contributed by atoms with Gasteiger partial charge < -0.3 is 15.2 Å². The minimum atomic E-state index is -0.553. The molecule has 0 aliphatic carbocycles. The SMILES string of the molecule is CC(NCC(O)COc1ccccc1Br)c1ccccc1. The second kappa shape index (κ2) is 8.17. The van der Waals surface area contributed by atoms with Gasteiger partial charge in [0, 0.05) is 12.6 Å². The number of aliphatic hydroxyl groups is 1. The number of rotatable bonds is 7. The van der Waals surface area contributed by atoms with Gasteiger partial charge in [-0.2, -0.15) is 0 Å². The number of halogens is 1. The van der Waals surface area contributed by atoms with Crippen LogP contribution in [-0.2, 0) is 0 Å². The second-order valence-electron chi connectivity index (χ2n) is 4.94. The summed E-state index contributed by atoms with van der Waals surface area (Å²) >= 11 is 3.42. The quantitative estimate of drug-likeness (QED) is 0.803. The summed E-state index contributed by atoms with van der Waals surface area (Å²) in [7, 11) is 0. The maximum absolute atomic E-state index is 9.99. The highest BCUT2D eigenvalue weighted by Crippen LogP contribution is 2.23. The highest BCUT2D eigenvalue weighted by Gasteiger charge is 2.10. The Labute approximate surface area is 134 Å². The van der Waals surface area contributed by atoms with Gasteiger partial charge in [0.15, 0.2) is 0 Å². The van der Waals surface area contributed by atoms with Crippen LogP contribution in [-0.4, -0.2) is 24.4 Å². The molecule has 2 unspecified atom stereocenters. The standard InChI is InChI=1S/C17H20BrNO2/c1-13(14-7-3-2-4-8-14)19-11-15(20)12-21-17-10-6-5-9-16(17)18/h2-10,13,15,19-20H,11-12H2,1H3. The van der Waals surface area contributed by atoms with E-state index in [1.165, 1.54) is 5.56 Å². The van der Waals surface area contributed by atoms with E-state index in [4.69, 9.17) is 4.74 Å². The lowest BCUT2D eigenvalue weighted by molar-refractivity contribution is 0.104. The molecule has 2 atom stereocenters. The van der Waals surface area contributed by atoms with Gasteiger partial charge in [0.2, 0.25) is 0 Å². The summed E-state index contributed by atoms with van der Waals surface area (Å²) in [6.07, 6.45) is -0.553. The fourth-order valence-electron chi connectivity index (χ4n) is 1.98. The van der Waals surface area contributed by atoms with Crippen molar-refractivity contribution in [3.63, 3.8) is 0 Å². The highest BCUT2D eigenvalue weighted by molar-refractivity contribution is 9.10. The van der Waals surface area contributed by atoms with E-state index in [1.807, 2.05) is 42.5 Å². The first-order chi connectivity index (χ1) is 10.2. The number of ether oxygens (including phenoxy) is 1. The van der Waals surface area contributed by atoms with Crippen LogP contribution >= 0.6 is 15.9 Å². The molecule has 0 saturated carbocycles. The van der Waals surface area contributed by atoms with Crippen LogP contribution in [0.3, 0.4) is 0 Å². The Balaban J connectivity index is 1.75. The van der Waals surface area contributed by atoms with Gasteiger partial charge in [0.1, 0.15) is 18.5 Å². The molecule has 2 aromatic rings. The van der Waals surface area contributed by atoms with Gasteiger partial charge in [-0.05, 0) is 40.5 Å². The summed E-state index contributed by atoms with van der Waals surface area (Å²) in [4.78, 5) is 0. The summed E-state index contributed by atoms with van der Waals surface area (Å²) in [6, 6.07) is 18.0. The molecule has 2 aromatic carbocycles. The van der Waals surface area contributed by atoms with E-state index >= 15 is 0 Å². The Morgan fingerprint density at radius 3 is 2.48 bits per heavy atom. The fraction of sp³-hybridized carbons (Fsp3) is 0.294. The van der Waals surface area contributed by atoms with Gasteiger partial charge in [-0.3, -0.25) is 0 Å². The van der Waals surface area contributed by atoms with Crippen molar-refractivity contribution in [3.8, 4) is 5.75 Å².